The van der Waals surface area contributed by atoms with Crippen LogP contribution in [-0.4, -0.2) is 15.7 Å². The molecule has 2 rings (SSSR count). The van der Waals surface area contributed by atoms with Crippen LogP contribution in [0.4, 0.5) is 0 Å². The van der Waals surface area contributed by atoms with E-state index in [9.17, 15) is 4.21 Å². The molecule has 18 heavy (non-hydrogen) atoms. The zero-order valence-electron chi connectivity index (χ0n) is 11.2. The fourth-order valence-electron chi connectivity index (χ4n) is 2.20. The van der Waals surface area contributed by atoms with Crippen molar-refractivity contribution in [1.29, 1.82) is 0 Å². The van der Waals surface area contributed by atoms with Gasteiger partial charge in [0, 0.05) is 21.3 Å². The summed E-state index contributed by atoms with van der Waals surface area (Å²) in [6, 6.07) is 19.6. The van der Waals surface area contributed by atoms with Gasteiger partial charge in [-0.1, -0.05) is 50.2 Å². The van der Waals surface area contributed by atoms with Crippen LogP contribution < -0.4 is 0 Å². The van der Waals surface area contributed by atoms with E-state index < -0.39 is 9.07 Å². The molecule has 0 saturated carbocycles. The summed E-state index contributed by atoms with van der Waals surface area (Å²) in [5, 5.41) is 0.0619. The predicted octanol–water partition coefficient (Wildman–Crippen LogP) is 3.96. The Kier molecular flexibility index (Phi) is 3.16. The Morgan fingerprint density at radius 3 is 1.39 bits per heavy atom. The molecule has 0 saturated heterocycles. The smallest absolute Gasteiger partial charge is 0.0213 e. The van der Waals surface area contributed by atoms with Crippen LogP contribution in [0, 0.1) is 0 Å². The van der Waals surface area contributed by atoms with Crippen molar-refractivity contribution in [2.45, 2.75) is 28.9 Å². The SMILES string of the molecule is CC(C)S(C)(=O)(c1ccccc1)c1ccccc1. The van der Waals surface area contributed by atoms with E-state index in [-0.39, 0.29) is 5.25 Å². The molecule has 2 aromatic carbocycles. The van der Waals surface area contributed by atoms with Crippen LogP contribution in [0.3, 0.4) is 0 Å². The molecule has 0 atom stereocenters. The molecule has 0 N–H and O–H groups in total. The molecular weight excluding hydrogens is 240 g/mol. The summed E-state index contributed by atoms with van der Waals surface area (Å²) < 4.78 is 13.9. The molecule has 0 aliphatic carbocycles. The first-order valence-corrected chi connectivity index (χ1v) is 8.63. The van der Waals surface area contributed by atoms with Crippen LogP contribution in [-0.2, 0) is 9.07 Å². The van der Waals surface area contributed by atoms with Crippen LogP contribution in [0.1, 0.15) is 13.8 Å². The van der Waals surface area contributed by atoms with E-state index in [0.717, 1.165) is 9.79 Å². The van der Waals surface area contributed by atoms with Crippen molar-refractivity contribution >= 4 is 9.07 Å². The van der Waals surface area contributed by atoms with Gasteiger partial charge in [-0.3, -0.25) is 4.21 Å². The monoisotopic (exact) mass is 260 g/mol. The summed E-state index contributed by atoms with van der Waals surface area (Å²) in [6.07, 6.45) is 1.91. The van der Waals surface area contributed by atoms with E-state index in [1.54, 1.807) is 0 Å². The van der Waals surface area contributed by atoms with Crippen molar-refractivity contribution < 1.29 is 4.21 Å². The van der Waals surface area contributed by atoms with Crippen molar-refractivity contribution in [3.63, 3.8) is 0 Å². The van der Waals surface area contributed by atoms with Crippen molar-refractivity contribution in [2.75, 3.05) is 6.26 Å². The standard InChI is InChI=1S/C16H20OS/c1-14(2)18(3,17,15-10-6-4-7-11-15)16-12-8-5-9-13-16/h4-14H,1-3H3. The van der Waals surface area contributed by atoms with Crippen molar-refractivity contribution in [3.8, 4) is 0 Å². The molecule has 0 fully saturated rings. The molecule has 0 heterocycles. The Bertz CT molecular complexity index is 542. The molecular formula is C16H20OS. The highest BCUT2D eigenvalue weighted by Gasteiger charge is 2.39. The third-order valence-electron chi connectivity index (χ3n) is 3.79. The minimum absolute atomic E-state index is 0.0619. The second-order valence-electron chi connectivity index (χ2n) is 5.09. The lowest BCUT2D eigenvalue weighted by Crippen LogP contribution is -2.40. The van der Waals surface area contributed by atoms with Crippen LogP contribution >= 0.6 is 0 Å². The number of hydrogen-bond donors (Lipinski definition) is 0. The van der Waals surface area contributed by atoms with Gasteiger partial charge in [0.2, 0.25) is 0 Å². The molecule has 0 radical (unpaired) electrons. The minimum Gasteiger partial charge on any atom is -0.273 e. The van der Waals surface area contributed by atoms with Gasteiger partial charge in [-0.2, -0.15) is 0 Å². The normalized spacial score (nSPS) is 14.1. The molecule has 0 spiro atoms. The summed E-state index contributed by atoms with van der Waals surface area (Å²) in [5.41, 5.74) is 0. The van der Waals surface area contributed by atoms with Gasteiger partial charge in [0.25, 0.3) is 0 Å². The van der Waals surface area contributed by atoms with Gasteiger partial charge in [-0.25, -0.2) is 0 Å². The van der Waals surface area contributed by atoms with E-state index in [1.807, 2.05) is 80.8 Å². The van der Waals surface area contributed by atoms with Gasteiger partial charge in [0.1, 0.15) is 0 Å². The zero-order chi connectivity index (χ0) is 13.3. The molecule has 0 aliphatic heterocycles. The summed E-state index contributed by atoms with van der Waals surface area (Å²) in [7, 11) is -3.03. The highest BCUT2D eigenvalue weighted by Crippen LogP contribution is 2.44. The van der Waals surface area contributed by atoms with Crippen molar-refractivity contribution in [1.82, 2.24) is 0 Å². The predicted molar refractivity (Wildman–Crippen MR) is 78.6 cm³/mol. The molecule has 0 amide bonds. The van der Waals surface area contributed by atoms with E-state index in [2.05, 4.69) is 0 Å². The summed E-state index contributed by atoms with van der Waals surface area (Å²) in [5.74, 6) is 0. The average molecular weight is 260 g/mol. The topological polar surface area (TPSA) is 17.1 Å². The lowest BCUT2D eigenvalue weighted by molar-refractivity contribution is 0.649. The van der Waals surface area contributed by atoms with E-state index in [4.69, 9.17) is 0 Å². The number of benzene rings is 2. The van der Waals surface area contributed by atoms with E-state index in [1.165, 1.54) is 0 Å². The summed E-state index contributed by atoms with van der Waals surface area (Å²) in [6.45, 7) is 4.07. The lowest BCUT2D eigenvalue weighted by atomic mass is 10.4. The second kappa shape index (κ2) is 4.36. The zero-order valence-corrected chi connectivity index (χ0v) is 12.0. The Morgan fingerprint density at radius 1 is 0.778 bits per heavy atom. The lowest BCUT2D eigenvalue weighted by Gasteiger charge is -2.43. The first-order valence-electron chi connectivity index (χ1n) is 6.19. The fraction of sp³-hybridized carbons (Fsp3) is 0.250. The van der Waals surface area contributed by atoms with Crippen LogP contribution in [0.2, 0.25) is 0 Å². The van der Waals surface area contributed by atoms with Gasteiger partial charge < -0.3 is 0 Å². The molecule has 0 unspecified atom stereocenters. The van der Waals surface area contributed by atoms with Gasteiger partial charge in [-0.15, -0.1) is 0 Å². The summed E-state index contributed by atoms with van der Waals surface area (Å²) in [4.78, 5) is 1.85. The highest BCUT2D eigenvalue weighted by atomic mass is 32.3. The van der Waals surface area contributed by atoms with Crippen LogP contribution in [0.5, 0.6) is 0 Å². The van der Waals surface area contributed by atoms with Gasteiger partial charge in [-0.05, 0) is 33.3 Å². The summed E-state index contributed by atoms with van der Waals surface area (Å²) >= 11 is 0. The van der Waals surface area contributed by atoms with Crippen molar-refractivity contribution in [3.05, 3.63) is 60.7 Å². The minimum atomic E-state index is -3.03. The first kappa shape index (κ1) is 13.0. The maximum Gasteiger partial charge on any atom is 0.0213 e. The highest BCUT2D eigenvalue weighted by molar-refractivity contribution is 8.19. The van der Waals surface area contributed by atoms with Crippen LogP contribution in [0.25, 0.3) is 0 Å². The third kappa shape index (κ3) is 1.81. The van der Waals surface area contributed by atoms with Crippen LogP contribution in [0.15, 0.2) is 70.5 Å². The molecule has 0 aromatic heterocycles. The van der Waals surface area contributed by atoms with Gasteiger partial charge >= 0.3 is 0 Å². The van der Waals surface area contributed by atoms with Gasteiger partial charge in [0.05, 0.1) is 0 Å². The quantitative estimate of drug-likeness (QED) is 0.816. The Morgan fingerprint density at radius 2 is 1.11 bits per heavy atom. The molecule has 96 valence electrons. The Balaban J connectivity index is 2.76. The second-order valence-corrected chi connectivity index (χ2v) is 9.79. The van der Waals surface area contributed by atoms with Gasteiger partial charge in [0.15, 0.2) is 0 Å². The molecule has 0 aliphatic rings. The number of rotatable bonds is 3. The molecule has 2 aromatic rings. The maximum atomic E-state index is 13.9. The Labute approximate surface area is 109 Å². The third-order valence-corrected chi connectivity index (χ3v) is 8.95. The molecule has 2 heteroatoms. The Hall–Kier alpha value is -1.41. The average Bonchev–Trinajstić information content (AvgIpc) is 2.41. The largest absolute Gasteiger partial charge is 0.273 e. The molecule has 1 nitrogen and oxygen atoms in total. The number of hydrogen-bond acceptors (Lipinski definition) is 1. The maximum absolute atomic E-state index is 13.9. The first-order chi connectivity index (χ1) is 8.46. The van der Waals surface area contributed by atoms with E-state index >= 15 is 0 Å². The van der Waals surface area contributed by atoms with Crippen molar-refractivity contribution in [2.24, 2.45) is 0 Å². The fourth-order valence-corrected chi connectivity index (χ4v) is 5.23. The van der Waals surface area contributed by atoms with E-state index in [0.29, 0.717) is 0 Å². The molecule has 0 bridgehead atoms.